The maximum atomic E-state index is 12.7. The van der Waals surface area contributed by atoms with Crippen molar-refractivity contribution in [3.8, 4) is 0 Å². The summed E-state index contributed by atoms with van der Waals surface area (Å²) in [5, 5.41) is 0. The molecule has 1 amide bonds. The standard InChI is InChI=1S/C18H26N4O2/c1-20-14-2-3-16(20)13-22(7-5-14)15-4-6-19-17(12-15)18(23)21-8-10-24-11-9-21/h4,6,12,14,16H,2-3,5,7-11,13H2,1H3/t14-,16+/m0/s1. The fraction of sp³-hybridized carbons (Fsp3) is 0.667. The minimum absolute atomic E-state index is 0.0219. The zero-order valence-corrected chi connectivity index (χ0v) is 14.4. The number of ether oxygens (including phenoxy) is 1. The lowest BCUT2D eigenvalue weighted by Gasteiger charge is -2.29. The molecule has 6 nitrogen and oxygen atoms in total. The number of nitrogens with zero attached hydrogens (tertiary/aromatic N) is 4. The first kappa shape index (κ1) is 15.8. The molecule has 0 N–H and O–H groups in total. The lowest BCUT2D eigenvalue weighted by Crippen LogP contribution is -2.41. The zero-order chi connectivity index (χ0) is 16.5. The molecule has 2 atom stereocenters. The quantitative estimate of drug-likeness (QED) is 0.816. The van der Waals surface area contributed by atoms with Crippen molar-refractivity contribution in [3.63, 3.8) is 0 Å². The summed E-state index contributed by atoms with van der Waals surface area (Å²) in [6, 6.07) is 5.35. The van der Waals surface area contributed by atoms with Gasteiger partial charge in [0.05, 0.1) is 13.2 Å². The number of hydrogen-bond acceptors (Lipinski definition) is 5. The predicted octanol–water partition coefficient (Wildman–Crippen LogP) is 1.23. The van der Waals surface area contributed by atoms with E-state index in [9.17, 15) is 4.79 Å². The topological polar surface area (TPSA) is 48.9 Å². The number of fused-ring (bicyclic) bond motifs is 2. The van der Waals surface area contributed by atoms with Crippen LogP contribution >= 0.6 is 0 Å². The highest BCUT2D eigenvalue weighted by Crippen LogP contribution is 2.30. The molecular weight excluding hydrogens is 304 g/mol. The number of morpholine rings is 1. The van der Waals surface area contributed by atoms with Crippen LogP contribution in [0.3, 0.4) is 0 Å². The maximum Gasteiger partial charge on any atom is 0.272 e. The van der Waals surface area contributed by atoms with Gasteiger partial charge >= 0.3 is 0 Å². The molecule has 0 saturated carbocycles. The fourth-order valence-electron chi connectivity index (χ4n) is 4.20. The Morgan fingerprint density at radius 3 is 2.79 bits per heavy atom. The third-order valence-corrected chi connectivity index (χ3v) is 5.77. The van der Waals surface area contributed by atoms with E-state index in [1.807, 2.05) is 17.0 Å². The molecule has 3 aliphatic rings. The van der Waals surface area contributed by atoms with Crippen molar-refractivity contribution in [1.82, 2.24) is 14.8 Å². The summed E-state index contributed by atoms with van der Waals surface area (Å²) in [5.74, 6) is 0.0219. The summed E-state index contributed by atoms with van der Waals surface area (Å²) in [6.45, 7) is 4.65. The number of pyridine rings is 1. The minimum atomic E-state index is 0.0219. The SMILES string of the molecule is CN1[C@H]2CC[C@@H]1CN(c1ccnc(C(=O)N3CCOCC3)c1)CC2. The Hall–Kier alpha value is -1.66. The average molecular weight is 330 g/mol. The molecule has 4 heterocycles. The van der Waals surface area contributed by atoms with Crippen LogP contribution in [0.15, 0.2) is 18.3 Å². The predicted molar refractivity (Wildman–Crippen MR) is 92.4 cm³/mol. The van der Waals surface area contributed by atoms with E-state index in [0.717, 1.165) is 24.8 Å². The summed E-state index contributed by atoms with van der Waals surface area (Å²) in [6.07, 6.45) is 5.58. The van der Waals surface area contributed by atoms with Gasteiger partial charge in [0.25, 0.3) is 5.91 Å². The molecule has 4 rings (SSSR count). The van der Waals surface area contributed by atoms with E-state index in [-0.39, 0.29) is 5.91 Å². The van der Waals surface area contributed by atoms with Gasteiger partial charge in [0.2, 0.25) is 0 Å². The monoisotopic (exact) mass is 330 g/mol. The van der Waals surface area contributed by atoms with Crippen LogP contribution in [0.4, 0.5) is 5.69 Å². The van der Waals surface area contributed by atoms with Crippen LogP contribution < -0.4 is 4.90 Å². The Labute approximate surface area is 143 Å². The van der Waals surface area contributed by atoms with E-state index in [0.29, 0.717) is 38.0 Å². The Kier molecular flexibility index (Phi) is 4.41. The van der Waals surface area contributed by atoms with Crippen molar-refractivity contribution in [1.29, 1.82) is 0 Å². The fourth-order valence-corrected chi connectivity index (χ4v) is 4.20. The third kappa shape index (κ3) is 3.00. The molecular formula is C18H26N4O2. The molecule has 6 heteroatoms. The number of rotatable bonds is 2. The van der Waals surface area contributed by atoms with Gasteiger partial charge in [-0.05, 0) is 38.4 Å². The van der Waals surface area contributed by atoms with Gasteiger partial charge in [-0.3, -0.25) is 14.7 Å². The minimum Gasteiger partial charge on any atom is -0.378 e. The van der Waals surface area contributed by atoms with E-state index in [1.165, 1.54) is 19.3 Å². The van der Waals surface area contributed by atoms with Crippen molar-refractivity contribution < 1.29 is 9.53 Å². The van der Waals surface area contributed by atoms with E-state index in [1.54, 1.807) is 6.20 Å². The molecule has 3 fully saturated rings. The molecule has 1 aromatic heterocycles. The number of hydrogen-bond donors (Lipinski definition) is 0. The van der Waals surface area contributed by atoms with Crippen molar-refractivity contribution in [2.45, 2.75) is 31.3 Å². The summed E-state index contributed by atoms with van der Waals surface area (Å²) >= 11 is 0. The van der Waals surface area contributed by atoms with Gasteiger partial charge in [-0.15, -0.1) is 0 Å². The van der Waals surface area contributed by atoms with Crippen LogP contribution in [0.5, 0.6) is 0 Å². The van der Waals surface area contributed by atoms with Gasteiger partial charge in [0.1, 0.15) is 5.69 Å². The van der Waals surface area contributed by atoms with Crippen LogP contribution in [0.2, 0.25) is 0 Å². The first-order valence-electron chi connectivity index (χ1n) is 9.02. The molecule has 3 saturated heterocycles. The van der Waals surface area contributed by atoms with E-state index >= 15 is 0 Å². The summed E-state index contributed by atoms with van der Waals surface area (Å²) in [4.78, 5) is 23.8. The zero-order valence-electron chi connectivity index (χ0n) is 14.4. The average Bonchev–Trinajstić information content (AvgIpc) is 2.87. The third-order valence-electron chi connectivity index (χ3n) is 5.77. The van der Waals surface area contributed by atoms with Crippen molar-refractivity contribution in [2.75, 3.05) is 51.3 Å². The Morgan fingerprint density at radius 2 is 1.96 bits per heavy atom. The van der Waals surface area contributed by atoms with Gasteiger partial charge in [-0.2, -0.15) is 0 Å². The molecule has 1 aromatic rings. The number of aromatic nitrogens is 1. The van der Waals surface area contributed by atoms with Crippen LogP contribution in [0.1, 0.15) is 29.8 Å². The van der Waals surface area contributed by atoms with E-state index in [2.05, 4.69) is 21.8 Å². The highest BCUT2D eigenvalue weighted by atomic mass is 16.5. The molecule has 24 heavy (non-hydrogen) atoms. The Bertz CT molecular complexity index is 602. The number of anilines is 1. The van der Waals surface area contributed by atoms with Gasteiger partial charge in [0, 0.05) is 50.1 Å². The van der Waals surface area contributed by atoms with Crippen LogP contribution in [-0.2, 0) is 4.74 Å². The first-order chi connectivity index (χ1) is 11.7. The lowest BCUT2D eigenvalue weighted by molar-refractivity contribution is 0.0299. The number of carbonyl (C=O) groups excluding carboxylic acids is 1. The lowest BCUT2D eigenvalue weighted by atomic mass is 10.1. The summed E-state index contributed by atoms with van der Waals surface area (Å²) < 4.78 is 5.33. The van der Waals surface area contributed by atoms with E-state index < -0.39 is 0 Å². The maximum absolute atomic E-state index is 12.7. The Morgan fingerprint density at radius 1 is 1.17 bits per heavy atom. The second-order valence-electron chi connectivity index (χ2n) is 7.09. The molecule has 2 bridgehead atoms. The molecule has 0 radical (unpaired) electrons. The molecule has 0 unspecified atom stereocenters. The second kappa shape index (κ2) is 6.69. The normalized spacial score (nSPS) is 28.0. The van der Waals surface area contributed by atoms with Crippen molar-refractivity contribution in [2.24, 2.45) is 0 Å². The van der Waals surface area contributed by atoms with Crippen LogP contribution in [0, 0.1) is 0 Å². The molecule has 0 aromatic carbocycles. The number of likely N-dealkylation sites (N-methyl/N-ethyl adjacent to an activating group) is 1. The number of amides is 1. The molecule has 0 aliphatic carbocycles. The van der Waals surface area contributed by atoms with Crippen LogP contribution in [0.25, 0.3) is 0 Å². The largest absolute Gasteiger partial charge is 0.378 e. The molecule has 0 spiro atoms. The first-order valence-corrected chi connectivity index (χ1v) is 9.02. The van der Waals surface area contributed by atoms with Gasteiger partial charge in [0.15, 0.2) is 0 Å². The molecule has 130 valence electrons. The molecule has 3 aliphatic heterocycles. The summed E-state index contributed by atoms with van der Waals surface area (Å²) in [7, 11) is 2.26. The highest BCUT2D eigenvalue weighted by Gasteiger charge is 2.34. The van der Waals surface area contributed by atoms with Crippen molar-refractivity contribution >= 4 is 11.6 Å². The van der Waals surface area contributed by atoms with E-state index in [4.69, 9.17) is 4.74 Å². The highest BCUT2D eigenvalue weighted by molar-refractivity contribution is 5.93. The number of carbonyl (C=O) groups is 1. The second-order valence-corrected chi connectivity index (χ2v) is 7.09. The van der Waals surface area contributed by atoms with Gasteiger partial charge in [-0.25, -0.2) is 0 Å². The van der Waals surface area contributed by atoms with Crippen LogP contribution in [-0.4, -0.2) is 79.2 Å². The summed E-state index contributed by atoms with van der Waals surface area (Å²) in [5.41, 5.74) is 1.68. The Balaban J connectivity index is 1.51. The van der Waals surface area contributed by atoms with Gasteiger partial charge in [-0.1, -0.05) is 0 Å². The van der Waals surface area contributed by atoms with Gasteiger partial charge < -0.3 is 14.5 Å². The van der Waals surface area contributed by atoms with Crippen molar-refractivity contribution in [3.05, 3.63) is 24.0 Å². The smallest absolute Gasteiger partial charge is 0.272 e.